The smallest absolute Gasteiger partial charge is 0.167 e. The Bertz CT molecular complexity index is 413. The Balaban J connectivity index is 2.23. The number of carbonyl (C=O) groups excluding carboxylic acids is 1. The standard InChI is InChI=1S/C13H15F2NO/c14-9-5-8(6-10(15)7-9)13(17)11-3-1-2-4-12(11)16/h5-7,11-12H,1-4,16H2. The van der Waals surface area contributed by atoms with Crippen molar-refractivity contribution in [1.29, 1.82) is 0 Å². The molecule has 92 valence electrons. The maximum absolute atomic E-state index is 13.0. The zero-order chi connectivity index (χ0) is 12.4. The van der Waals surface area contributed by atoms with Gasteiger partial charge in [0.1, 0.15) is 11.6 Å². The highest BCUT2D eigenvalue weighted by atomic mass is 19.1. The fourth-order valence-corrected chi connectivity index (χ4v) is 2.40. The Hall–Kier alpha value is -1.29. The van der Waals surface area contributed by atoms with Crippen LogP contribution in [0.3, 0.4) is 0 Å². The van der Waals surface area contributed by atoms with Crippen LogP contribution in [-0.2, 0) is 0 Å². The van der Waals surface area contributed by atoms with Gasteiger partial charge < -0.3 is 5.73 Å². The highest BCUT2D eigenvalue weighted by Crippen LogP contribution is 2.26. The van der Waals surface area contributed by atoms with Gasteiger partial charge in [-0.3, -0.25) is 4.79 Å². The summed E-state index contributed by atoms with van der Waals surface area (Å²) in [6.45, 7) is 0. The largest absolute Gasteiger partial charge is 0.327 e. The van der Waals surface area contributed by atoms with Crippen LogP contribution in [-0.4, -0.2) is 11.8 Å². The lowest BCUT2D eigenvalue weighted by atomic mass is 9.80. The van der Waals surface area contributed by atoms with Crippen molar-refractivity contribution in [2.24, 2.45) is 11.7 Å². The molecule has 2 N–H and O–H groups in total. The van der Waals surface area contributed by atoms with Crippen LogP contribution >= 0.6 is 0 Å². The second-order valence-corrected chi connectivity index (χ2v) is 4.58. The van der Waals surface area contributed by atoms with Crippen molar-refractivity contribution >= 4 is 5.78 Å². The number of rotatable bonds is 2. The van der Waals surface area contributed by atoms with E-state index in [2.05, 4.69) is 0 Å². The zero-order valence-corrected chi connectivity index (χ0v) is 9.46. The third-order valence-electron chi connectivity index (χ3n) is 3.30. The molecule has 2 unspecified atom stereocenters. The minimum absolute atomic E-state index is 0.0878. The quantitative estimate of drug-likeness (QED) is 0.806. The molecule has 1 aliphatic carbocycles. The van der Waals surface area contributed by atoms with E-state index in [1.165, 1.54) is 0 Å². The number of Topliss-reactive ketones (excluding diaryl/α,β-unsaturated/α-hetero) is 1. The first-order chi connectivity index (χ1) is 8.08. The van der Waals surface area contributed by atoms with Crippen molar-refractivity contribution < 1.29 is 13.6 Å². The lowest BCUT2D eigenvalue weighted by Gasteiger charge is -2.27. The van der Waals surface area contributed by atoms with Crippen LogP contribution in [0.4, 0.5) is 8.78 Å². The van der Waals surface area contributed by atoms with E-state index < -0.39 is 11.6 Å². The van der Waals surface area contributed by atoms with Crippen LogP contribution in [0.15, 0.2) is 18.2 Å². The van der Waals surface area contributed by atoms with Crippen LogP contribution in [0, 0.1) is 17.6 Å². The minimum Gasteiger partial charge on any atom is -0.327 e. The first-order valence-corrected chi connectivity index (χ1v) is 5.84. The molecular formula is C13H15F2NO. The van der Waals surface area contributed by atoms with Gasteiger partial charge in [-0.1, -0.05) is 12.8 Å². The number of carbonyl (C=O) groups is 1. The average molecular weight is 239 g/mol. The summed E-state index contributed by atoms with van der Waals surface area (Å²) in [5.41, 5.74) is 5.97. The summed E-state index contributed by atoms with van der Waals surface area (Å²) < 4.78 is 26.1. The van der Waals surface area contributed by atoms with Crippen LogP contribution in [0.25, 0.3) is 0 Å². The summed E-state index contributed by atoms with van der Waals surface area (Å²) in [7, 11) is 0. The average Bonchev–Trinajstić information content (AvgIpc) is 2.27. The number of halogens is 2. The maximum Gasteiger partial charge on any atom is 0.167 e. The number of ketones is 1. The molecule has 0 aromatic heterocycles. The van der Waals surface area contributed by atoms with Crippen LogP contribution < -0.4 is 5.73 Å². The van der Waals surface area contributed by atoms with Crippen molar-refractivity contribution in [3.63, 3.8) is 0 Å². The molecule has 2 nitrogen and oxygen atoms in total. The fraction of sp³-hybridized carbons (Fsp3) is 0.462. The third kappa shape index (κ3) is 2.69. The van der Waals surface area contributed by atoms with Gasteiger partial charge in [-0.05, 0) is 25.0 Å². The fourth-order valence-electron chi connectivity index (χ4n) is 2.40. The Labute approximate surface area is 98.8 Å². The van der Waals surface area contributed by atoms with Crippen molar-refractivity contribution in [2.45, 2.75) is 31.7 Å². The van der Waals surface area contributed by atoms with Gasteiger partial charge in [0.25, 0.3) is 0 Å². The molecule has 0 heterocycles. The SMILES string of the molecule is NC1CCCCC1C(=O)c1cc(F)cc(F)c1. The predicted octanol–water partition coefficient (Wildman–Crippen LogP) is 2.67. The van der Waals surface area contributed by atoms with Gasteiger partial charge in [-0.25, -0.2) is 8.78 Å². The minimum atomic E-state index is -0.724. The van der Waals surface area contributed by atoms with Crippen LogP contribution in [0.1, 0.15) is 36.0 Å². The molecule has 1 aliphatic rings. The highest BCUT2D eigenvalue weighted by molar-refractivity contribution is 5.98. The van der Waals surface area contributed by atoms with E-state index in [4.69, 9.17) is 5.73 Å². The van der Waals surface area contributed by atoms with Gasteiger partial charge in [0.2, 0.25) is 0 Å². The van der Waals surface area contributed by atoms with E-state index >= 15 is 0 Å². The molecule has 1 aromatic carbocycles. The molecule has 2 rings (SSSR count). The molecule has 0 amide bonds. The molecule has 17 heavy (non-hydrogen) atoms. The van der Waals surface area contributed by atoms with E-state index in [1.54, 1.807) is 0 Å². The predicted molar refractivity (Wildman–Crippen MR) is 60.6 cm³/mol. The topological polar surface area (TPSA) is 43.1 Å². The Kier molecular flexibility index (Phi) is 3.52. The summed E-state index contributed by atoms with van der Waals surface area (Å²) in [5.74, 6) is -1.99. The molecule has 1 saturated carbocycles. The van der Waals surface area contributed by atoms with E-state index in [0.717, 1.165) is 37.5 Å². The Morgan fingerprint density at radius 1 is 1.12 bits per heavy atom. The number of hydrogen-bond donors (Lipinski definition) is 1. The van der Waals surface area contributed by atoms with Gasteiger partial charge in [-0.2, -0.15) is 0 Å². The van der Waals surface area contributed by atoms with Crippen LogP contribution in [0.5, 0.6) is 0 Å². The first kappa shape index (κ1) is 12.2. The van der Waals surface area contributed by atoms with Gasteiger partial charge >= 0.3 is 0 Å². The van der Waals surface area contributed by atoms with Crippen molar-refractivity contribution in [1.82, 2.24) is 0 Å². The number of benzene rings is 1. The normalized spacial score (nSPS) is 24.6. The molecule has 1 aromatic rings. The lowest BCUT2D eigenvalue weighted by Crippen LogP contribution is -2.38. The molecular weight excluding hydrogens is 224 g/mol. The monoisotopic (exact) mass is 239 g/mol. The summed E-state index contributed by atoms with van der Waals surface area (Å²) >= 11 is 0. The van der Waals surface area contributed by atoms with Crippen molar-refractivity contribution in [3.05, 3.63) is 35.4 Å². The summed E-state index contributed by atoms with van der Waals surface area (Å²) in [4.78, 5) is 12.1. The third-order valence-corrected chi connectivity index (χ3v) is 3.30. The van der Waals surface area contributed by atoms with Crippen LogP contribution in [0.2, 0.25) is 0 Å². The molecule has 0 radical (unpaired) electrons. The summed E-state index contributed by atoms with van der Waals surface area (Å²) in [5, 5.41) is 0. The molecule has 4 heteroatoms. The second kappa shape index (κ2) is 4.92. The summed E-state index contributed by atoms with van der Waals surface area (Å²) in [6.07, 6.45) is 3.47. The van der Waals surface area contributed by atoms with Gasteiger partial charge in [0.05, 0.1) is 0 Å². The van der Waals surface area contributed by atoms with Gasteiger partial charge in [0.15, 0.2) is 5.78 Å². The van der Waals surface area contributed by atoms with E-state index in [9.17, 15) is 13.6 Å². The Morgan fingerprint density at radius 2 is 1.71 bits per heavy atom. The molecule has 2 atom stereocenters. The maximum atomic E-state index is 13.0. The molecule has 1 fully saturated rings. The van der Waals surface area contributed by atoms with Gasteiger partial charge in [0, 0.05) is 23.6 Å². The molecule has 0 spiro atoms. The van der Waals surface area contributed by atoms with Crippen molar-refractivity contribution in [3.8, 4) is 0 Å². The first-order valence-electron chi connectivity index (χ1n) is 5.84. The number of hydrogen-bond acceptors (Lipinski definition) is 2. The zero-order valence-electron chi connectivity index (χ0n) is 9.46. The second-order valence-electron chi connectivity index (χ2n) is 4.58. The summed E-state index contributed by atoms with van der Waals surface area (Å²) in [6, 6.07) is 2.72. The van der Waals surface area contributed by atoms with E-state index in [0.29, 0.717) is 6.42 Å². The Morgan fingerprint density at radius 3 is 2.29 bits per heavy atom. The van der Waals surface area contributed by atoms with Crippen molar-refractivity contribution in [2.75, 3.05) is 0 Å². The lowest BCUT2D eigenvalue weighted by molar-refractivity contribution is 0.0870. The van der Waals surface area contributed by atoms with E-state index in [1.807, 2.05) is 0 Å². The molecule has 0 bridgehead atoms. The van der Waals surface area contributed by atoms with E-state index in [-0.39, 0.29) is 23.3 Å². The highest BCUT2D eigenvalue weighted by Gasteiger charge is 2.29. The molecule has 0 saturated heterocycles. The van der Waals surface area contributed by atoms with Gasteiger partial charge in [-0.15, -0.1) is 0 Å². The number of nitrogens with two attached hydrogens (primary N) is 1. The molecule has 0 aliphatic heterocycles.